The normalized spacial score (nSPS) is 39.3. The van der Waals surface area contributed by atoms with Crippen LogP contribution in [-0.4, -0.2) is 18.3 Å². The number of alkyl halides is 3. The molecule has 1 N–H and O–H groups in total. The number of hydrogen-bond acceptors (Lipinski definition) is 1. The smallest absolute Gasteiger partial charge is 0.303 e. The summed E-state index contributed by atoms with van der Waals surface area (Å²) in [5, 5.41) is 2.78. The number of halogens is 3. The van der Waals surface area contributed by atoms with Gasteiger partial charge < -0.3 is 5.32 Å². The van der Waals surface area contributed by atoms with E-state index in [4.69, 9.17) is 0 Å². The van der Waals surface area contributed by atoms with Crippen LogP contribution in [0.3, 0.4) is 0 Å². The van der Waals surface area contributed by atoms with Crippen LogP contribution in [0, 0.1) is 17.8 Å². The van der Waals surface area contributed by atoms with Gasteiger partial charge in [0.15, 0.2) is 0 Å². The molecule has 0 aromatic carbocycles. The standard InChI is InChI=1S/C12H16F3N/c13-12(14,15)11(3-4-11)16-7-10-6-8-1-2-9(10)5-8/h1-2,8-10,16H,3-7H2. The molecule has 2 saturated carbocycles. The lowest BCUT2D eigenvalue weighted by atomic mass is 9.93. The van der Waals surface area contributed by atoms with E-state index in [1.807, 2.05) is 0 Å². The van der Waals surface area contributed by atoms with Crippen molar-refractivity contribution in [3.8, 4) is 0 Å². The molecular formula is C12H16F3N. The molecule has 3 aliphatic carbocycles. The zero-order valence-corrected chi connectivity index (χ0v) is 9.06. The first-order chi connectivity index (χ1) is 7.50. The molecule has 90 valence electrons. The van der Waals surface area contributed by atoms with Crippen molar-refractivity contribution in [3.63, 3.8) is 0 Å². The molecule has 0 aromatic heterocycles. The second kappa shape index (κ2) is 3.25. The van der Waals surface area contributed by atoms with Crippen LogP contribution in [0.4, 0.5) is 13.2 Å². The van der Waals surface area contributed by atoms with Gasteiger partial charge in [0, 0.05) is 0 Å². The highest BCUT2D eigenvalue weighted by atomic mass is 19.4. The Kier molecular flexibility index (Phi) is 2.16. The largest absolute Gasteiger partial charge is 0.406 e. The van der Waals surface area contributed by atoms with Crippen molar-refractivity contribution in [1.82, 2.24) is 5.32 Å². The van der Waals surface area contributed by atoms with Gasteiger partial charge in [-0.2, -0.15) is 13.2 Å². The van der Waals surface area contributed by atoms with Crippen LogP contribution in [0.1, 0.15) is 25.7 Å². The zero-order chi connectivity index (χ0) is 11.4. The van der Waals surface area contributed by atoms with Crippen molar-refractivity contribution in [2.24, 2.45) is 17.8 Å². The molecule has 3 rings (SSSR count). The van der Waals surface area contributed by atoms with Gasteiger partial charge in [-0.25, -0.2) is 0 Å². The van der Waals surface area contributed by atoms with Gasteiger partial charge in [0.2, 0.25) is 0 Å². The van der Waals surface area contributed by atoms with E-state index in [0.717, 1.165) is 12.8 Å². The number of hydrogen-bond donors (Lipinski definition) is 1. The first-order valence-corrected chi connectivity index (χ1v) is 6.00. The Bertz CT molecular complexity index is 317. The maximum Gasteiger partial charge on any atom is 0.406 e. The minimum Gasteiger partial charge on any atom is -0.303 e. The lowest BCUT2D eigenvalue weighted by molar-refractivity contribution is -0.166. The molecule has 16 heavy (non-hydrogen) atoms. The van der Waals surface area contributed by atoms with E-state index in [-0.39, 0.29) is 12.8 Å². The van der Waals surface area contributed by atoms with Gasteiger partial charge in [-0.05, 0) is 50.0 Å². The first kappa shape index (κ1) is 10.6. The highest BCUT2D eigenvalue weighted by Gasteiger charge is 2.63. The average Bonchev–Trinajstić information content (AvgIpc) is 2.74. The fraction of sp³-hybridized carbons (Fsp3) is 0.833. The Hall–Kier alpha value is -0.510. The van der Waals surface area contributed by atoms with Gasteiger partial charge in [-0.3, -0.25) is 0 Å². The summed E-state index contributed by atoms with van der Waals surface area (Å²) in [6.45, 7) is 0.533. The van der Waals surface area contributed by atoms with Crippen molar-refractivity contribution in [2.75, 3.05) is 6.54 Å². The second-order valence-corrected chi connectivity index (χ2v) is 5.50. The third-order valence-electron chi connectivity index (χ3n) is 4.41. The molecule has 0 aliphatic heterocycles. The Morgan fingerprint density at radius 1 is 1.19 bits per heavy atom. The molecule has 2 bridgehead atoms. The molecule has 1 nitrogen and oxygen atoms in total. The predicted octanol–water partition coefficient (Wildman–Crippen LogP) is 2.88. The topological polar surface area (TPSA) is 12.0 Å². The number of fused-ring (bicyclic) bond motifs is 2. The summed E-state index contributed by atoms with van der Waals surface area (Å²) in [7, 11) is 0. The number of rotatable bonds is 3. The van der Waals surface area contributed by atoms with Crippen LogP contribution in [0.15, 0.2) is 12.2 Å². The number of allylic oxidation sites excluding steroid dienone is 2. The van der Waals surface area contributed by atoms with Crippen molar-refractivity contribution >= 4 is 0 Å². The molecule has 0 amide bonds. The van der Waals surface area contributed by atoms with E-state index in [1.54, 1.807) is 0 Å². The minimum absolute atomic E-state index is 0.257. The molecule has 3 aliphatic rings. The fourth-order valence-corrected chi connectivity index (χ4v) is 3.14. The Balaban J connectivity index is 1.56. The van der Waals surface area contributed by atoms with Gasteiger partial charge in [-0.1, -0.05) is 12.2 Å². The van der Waals surface area contributed by atoms with E-state index < -0.39 is 11.7 Å². The van der Waals surface area contributed by atoms with Crippen molar-refractivity contribution in [3.05, 3.63) is 12.2 Å². The van der Waals surface area contributed by atoms with Crippen LogP contribution in [-0.2, 0) is 0 Å². The summed E-state index contributed by atoms with van der Waals surface area (Å²) in [6, 6.07) is 0. The Morgan fingerprint density at radius 3 is 2.38 bits per heavy atom. The zero-order valence-electron chi connectivity index (χ0n) is 9.06. The van der Waals surface area contributed by atoms with E-state index >= 15 is 0 Å². The van der Waals surface area contributed by atoms with Crippen LogP contribution >= 0.6 is 0 Å². The lowest BCUT2D eigenvalue weighted by Gasteiger charge is -2.25. The monoisotopic (exact) mass is 231 g/mol. The van der Waals surface area contributed by atoms with Gasteiger partial charge >= 0.3 is 6.18 Å². The SMILES string of the molecule is FC(F)(F)C1(NCC2CC3C=CC2C3)CC1. The molecular weight excluding hydrogens is 215 g/mol. The summed E-state index contributed by atoms with van der Waals surface area (Å²) in [4.78, 5) is 0. The summed E-state index contributed by atoms with van der Waals surface area (Å²) in [6.07, 6.45) is 3.08. The molecule has 3 unspecified atom stereocenters. The highest BCUT2D eigenvalue weighted by Crippen LogP contribution is 2.50. The highest BCUT2D eigenvalue weighted by molar-refractivity contribution is 5.12. The van der Waals surface area contributed by atoms with Crippen molar-refractivity contribution < 1.29 is 13.2 Å². The molecule has 0 radical (unpaired) electrons. The predicted molar refractivity (Wildman–Crippen MR) is 54.9 cm³/mol. The van der Waals surface area contributed by atoms with Crippen molar-refractivity contribution in [2.45, 2.75) is 37.4 Å². The average molecular weight is 231 g/mol. The quantitative estimate of drug-likeness (QED) is 0.736. The number of nitrogens with one attached hydrogen (secondary N) is 1. The maximum atomic E-state index is 12.7. The third-order valence-corrected chi connectivity index (χ3v) is 4.41. The maximum absolute atomic E-state index is 12.7. The van der Waals surface area contributed by atoms with E-state index in [9.17, 15) is 13.2 Å². The van der Waals surface area contributed by atoms with Crippen LogP contribution in [0.5, 0.6) is 0 Å². The molecule has 2 fully saturated rings. The van der Waals surface area contributed by atoms with E-state index in [2.05, 4.69) is 17.5 Å². The summed E-state index contributed by atoms with van der Waals surface area (Å²) in [5.74, 6) is 1.59. The van der Waals surface area contributed by atoms with Crippen LogP contribution in [0.2, 0.25) is 0 Å². The second-order valence-electron chi connectivity index (χ2n) is 5.50. The van der Waals surface area contributed by atoms with E-state index in [0.29, 0.717) is 24.3 Å². The molecule has 4 heteroatoms. The molecule has 0 spiro atoms. The van der Waals surface area contributed by atoms with Crippen LogP contribution in [0.25, 0.3) is 0 Å². The van der Waals surface area contributed by atoms with Gasteiger partial charge in [0.1, 0.15) is 5.54 Å². The summed E-state index contributed by atoms with van der Waals surface area (Å²) < 4.78 is 38.0. The minimum atomic E-state index is -4.07. The third kappa shape index (κ3) is 1.58. The fourth-order valence-electron chi connectivity index (χ4n) is 3.14. The van der Waals surface area contributed by atoms with Gasteiger partial charge in [-0.15, -0.1) is 0 Å². The van der Waals surface area contributed by atoms with Crippen LogP contribution < -0.4 is 5.32 Å². The first-order valence-electron chi connectivity index (χ1n) is 6.00. The lowest BCUT2D eigenvalue weighted by Crippen LogP contribution is -2.47. The molecule has 3 atom stereocenters. The molecule has 0 heterocycles. The summed E-state index contributed by atoms with van der Waals surface area (Å²) in [5.41, 5.74) is -1.53. The molecule has 0 aromatic rings. The van der Waals surface area contributed by atoms with Crippen molar-refractivity contribution in [1.29, 1.82) is 0 Å². The molecule has 0 saturated heterocycles. The Morgan fingerprint density at radius 2 is 1.94 bits per heavy atom. The van der Waals surface area contributed by atoms with Gasteiger partial charge in [0.25, 0.3) is 0 Å². The van der Waals surface area contributed by atoms with Gasteiger partial charge in [0.05, 0.1) is 0 Å². The summed E-state index contributed by atoms with van der Waals surface area (Å²) >= 11 is 0. The van der Waals surface area contributed by atoms with E-state index in [1.165, 1.54) is 0 Å². The Labute approximate surface area is 93.1 Å².